The lowest BCUT2D eigenvalue weighted by molar-refractivity contribution is 0.417. The Morgan fingerprint density at radius 1 is 1.39 bits per heavy atom. The van der Waals surface area contributed by atoms with E-state index in [-0.39, 0.29) is 0 Å². The van der Waals surface area contributed by atoms with E-state index in [1.165, 1.54) is 19.3 Å². The lowest BCUT2D eigenvalue weighted by atomic mass is 10.1. The molecule has 1 aliphatic rings. The molecule has 1 fully saturated rings. The maximum atomic E-state index is 6.41. The van der Waals surface area contributed by atoms with Gasteiger partial charge in [0, 0.05) is 19.1 Å². The summed E-state index contributed by atoms with van der Waals surface area (Å²) in [5.74, 6) is 0.785. The molecule has 2 atom stereocenters. The lowest BCUT2D eigenvalue weighted by Gasteiger charge is -2.17. The van der Waals surface area contributed by atoms with Crippen molar-refractivity contribution in [3.05, 3.63) is 16.4 Å². The van der Waals surface area contributed by atoms with Crippen LogP contribution in [0.3, 0.4) is 0 Å². The van der Waals surface area contributed by atoms with Crippen LogP contribution in [0.5, 0.6) is 0 Å². The third-order valence-electron chi connectivity index (χ3n) is 4.09. The van der Waals surface area contributed by atoms with E-state index in [1.54, 1.807) is 0 Å². The van der Waals surface area contributed by atoms with Crippen molar-refractivity contribution in [1.82, 2.24) is 15.1 Å². The highest BCUT2D eigenvalue weighted by atomic mass is 35.5. The number of aromatic nitrogens is 2. The van der Waals surface area contributed by atoms with Crippen LogP contribution in [0.25, 0.3) is 0 Å². The Kier molecular flexibility index (Phi) is 4.68. The molecular formula is C14H24ClN3. The van der Waals surface area contributed by atoms with Crippen molar-refractivity contribution < 1.29 is 0 Å². The van der Waals surface area contributed by atoms with Crippen molar-refractivity contribution in [3.8, 4) is 0 Å². The van der Waals surface area contributed by atoms with Gasteiger partial charge >= 0.3 is 0 Å². The van der Waals surface area contributed by atoms with Crippen molar-refractivity contribution in [2.45, 2.75) is 65.6 Å². The molecule has 2 rings (SSSR count). The SMILES string of the molecule is CCc1nn(CC)c(CNC2CCCC2C)c1Cl. The smallest absolute Gasteiger partial charge is 0.0863 e. The first-order valence-electron chi connectivity index (χ1n) is 7.14. The molecule has 2 unspecified atom stereocenters. The first-order valence-corrected chi connectivity index (χ1v) is 7.52. The number of hydrogen-bond acceptors (Lipinski definition) is 2. The van der Waals surface area contributed by atoms with Crippen LogP contribution in [0.1, 0.15) is 51.4 Å². The van der Waals surface area contributed by atoms with Crippen molar-refractivity contribution in [3.63, 3.8) is 0 Å². The number of nitrogens with one attached hydrogen (secondary N) is 1. The third-order valence-corrected chi connectivity index (χ3v) is 4.52. The second kappa shape index (κ2) is 6.07. The second-order valence-electron chi connectivity index (χ2n) is 5.27. The Labute approximate surface area is 115 Å². The van der Waals surface area contributed by atoms with Gasteiger partial charge in [0.25, 0.3) is 0 Å². The van der Waals surface area contributed by atoms with Crippen molar-refractivity contribution in [1.29, 1.82) is 0 Å². The van der Waals surface area contributed by atoms with E-state index < -0.39 is 0 Å². The minimum Gasteiger partial charge on any atom is -0.308 e. The molecule has 1 aromatic heterocycles. The van der Waals surface area contributed by atoms with Crippen LogP contribution in [0.4, 0.5) is 0 Å². The molecule has 0 aromatic carbocycles. The highest BCUT2D eigenvalue weighted by Gasteiger charge is 2.23. The van der Waals surface area contributed by atoms with Crippen LogP contribution in [-0.2, 0) is 19.5 Å². The Morgan fingerprint density at radius 3 is 2.72 bits per heavy atom. The van der Waals surface area contributed by atoms with Crippen LogP contribution in [0, 0.1) is 5.92 Å². The number of rotatable bonds is 5. The summed E-state index contributed by atoms with van der Waals surface area (Å²) < 4.78 is 2.04. The van der Waals surface area contributed by atoms with E-state index in [1.807, 2.05) is 4.68 Å². The molecule has 0 amide bonds. The van der Waals surface area contributed by atoms with Gasteiger partial charge in [0.1, 0.15) is 0 Å². The minimum atomic E-state index is 0.645. The molecule has 1 heterocycles. The Hall–Kier alpha value is -0.540. The molecule has 1 aromatic rings. The summed E-state index contributed by atoms with van der Waals surface area (Å²) >= 11 is 6.41. The van der Waals surface area contributed by atoms with Gasteiger partial charge in [-0.1, -0.05) is 31.9 Å². The van der Waals surface area contributed by atoms with Gasteiger partial charge in [0.05, 0.1) is 16.4 Å². The quantitative estimate of drug-likeness (QED) is 0.888. The molecule has 18 heavy (non-hydrogen) atoms. The summed E-state index contributed by atoms with van der Waals surface area (Å²) in [6.45, 7) is 8.28. The highest BCUT2D eigenvalue weighted by molar-refractivity contribution is 6.31. The van der Waals surface area contributed by atoms with Crippen LogP contribution in [-0.4, -0.2) is 15.8 Å². The summed E-state index contributed by atoms with van der Waals surface area (Å²) in [5, 5.41) is 9.07. The molecule has 0 aliphatic heterocycles. The average molecular weight is 270 g/mol. The number of nitrogens with zero attached hydrogens (tertiary/aromatic N) is 2. The first kappa shape index (κ1) is 13.9. The zero-order valence-corrected chi connectivity index (χ0v) is 12.4. The van der Waals surface area contributed by atoms with Gasteiger partial charge in [-0.3, -0.25) is 4.68 Å². The van der Waals surface area contributed by atoms with Crippen LogP contribution in [0.2, 0.25) is 5.02 Å². The summed E-state index contributed by atoms with van der Waals surface area (Å²) in [4.78, 5) is 0. The summed E-state index contributed by atoms with van der Waals surface area (Å²) in [7, 11) is 0. The van der Waals surface area contributed by atoms with Crippen LogP contribution < -0.4 is 5.32 Å². The van der Waals surface area contributed by atoms with Crippen molar-refractivity contribution in [2.24, 2.45) is 5.92 Å². The molecule has 1 N–H and O–H groups in total. The fourth-order valence-corrected chi connectivity index (χ4v) is 3.20. The lowest BCUT2D eigenvalue weighted by Crippen LogP contribution is -2.31. The van der Waals surface area contributed by atoms with Crippen LogP contribution in [0.15, 0.2) is 0 Å². The van der Waals surface area contributed by atoms with E-state index in [9.17, 15) is 0 Å². The molecule has 0 radical (unpaired) electrons. The Morgan fingerprint density at radius 2 is 2.17 bits per heavy atom. The largest absolute Gasteiger partial charge is 0.308 e. The van der Waals surface area contributed by atoms with Gasteiger partial charge in [-0.15, -0.1) is 0 Å². The first-order chi connectivity index (χ1) is 8.67. The van der Waals surface area contributed by atoms with E-state index >= 15 is 0 Å². The fourth-order valence-electron chi connectivity index (χ4n) is 2.86. The van der Waals surface area contributed by atoms with Gasteiger partial charge in [-0.25, -0.2) is 0 Å². The number of aryl methyl sites for hydroxylation is 2. The molecule has 3 nitrogen and oxygen atoms in total. The van der Waals surface area contributed by atoms with Gasteiger partial charge in [-0.2, -0.15) is 5.10 Å². The second-order valence-corrected chi connectivity index (χ2v) is 5.65. The summed E-state index contributed by atoms with van der Waals surface area (Å²) in [6, 6.07) is 0.645. The van der Waals surface area contributed by atoms with E-state index in [0.29, 0.717) is 6.04 Å². The standard InChI is InChI=1S/C14H24ClN3/c1-4-11-14(15)13(18(5-2)17-11)9-16-12-8-6-7-10(12)3/h10,12,16H,4-9H2,1-3H3. The third kappa shape index (κ3) is 2.72. The van der Waals surface area contributed by atoms with Crippen LogP contribution >= 0.6 is 11.6 Å². The zero-order chi connectivity index (χ0) is 13.1. The fraction of sp³-hybridized carbons (Fsp3) is 0.786. The zero-order valence-electron chi connectivity index (χ0n) is 11.7. The molecule has 1 aliphatic carbocycles. The predicted molar refractivity (Wildman–Crippen MR) is 75.9 cm³/mol. The summed E-state index contributed by atoms with van der Waals surface area (Å²) in [6.07, 6.45) is 4.89. The highest BCUT2D eigenvalue weighted by Crippen LogP contribution is 2.26. The number of hydrogen-bond donors (Lipinski definition) is 1. The Balaban J connectivity index is 2.06. The molecule has 0 spiro atoms. The molecule has 0 saturated heterocycles. The monoisotopic (exact) mass is 269 g/mol. The summed E-state index contributed by atoms with van der Waals surface area (Å²) in [5.41, 5.74) is 2.17. The van der Waals surface area contributed by atoms with Gasteiger partial charge in [0.2, 0.25) is 0 Å². The van der Waals surface area contributed by atoms with E-state index in [4.69, 9.17) is 11.6 Å². The molecule has 1 saturated carbocycles. The molecule has 0 bridgehead atoms. The molecule has 4 heteroatoms. The van der Waals surface area contributed by atoms with Gasteiger partial charge < -0.3 is 5.32 Å². The Bertz CT molecular complexity index is 400. The van der Waals surface area contributed by atoms with Gasteiger partial charge in [0.15, 0.2) is 0 Å². The molecule has 102 valence electrons. The van der Waals surface area contributed by atoms with E-state index in [2.05, 4.69) is 31.2 Å². The van der Waals surface area contributed by atoms with Crippen molar-refractivity contribution in [2.75, 3.05) is 0 Å². The maximum absolute atomic E-state index is 6.41. The van der Waals surface area contributed by atoms with Gasteiger partial charge in [-0.05, 0) is 32.1 Å². The average Bonchev–Trinajstić information content (AvgIpc) is 2.91. The predicted octanol–water partition coefficient (Wildman–Crippen LogP) is 3.40. The number of halogens is 1. The van der Waals surface area contributed by atoms with Crippen molar-refractivity contribution >= 4 is 11.6 Å². The molecular weight excluding hydrogens is 246 g/mol. The van der Waals surface area contributed by atoms with E-state index in [0.717, 1.165) is 41.8 Å². The minimum absolute atomic E-state index is 0.645. The normalized spacial score (nSPS) is 23.8. The topological polar surface area (TPSA) is 29.9 Å². The maximum Gasteiger partial charge on any atom is 0.0863 e.